The summed E-state index contributed by atoms with van der Waals surface area (Å²) in [5.74, 6) is -0.149. The molecule has 158 valence electrons. The Labute approximate surface area is 175 Å². The average molecular weight is 410 g/mol. The first-order valence-electron chi connectivity index (χ1n) is 10.2. The Morgan fingerprint density at radius 3 is 2.37 bits per heavy atom. The summed E-state index contributed by atoms with van der Waals surface area (Å²) in [6.07, 6.45) is 0. The van der Waals surface area contributed by atoms with Gasteiger partial charge >= 0.3 is 0 Å². The number of piperazine rings is 1. The number of hydrogen-bond donors (Lipinski definition) is 0. The Kier molecular flexibility index (Phi) is 5.85. The van der Waals surface area contributed by atoms with Gasteiger partial charge in [0, 0.05) is 57.1 Å². The number of morpholine rings is 1. The fraction of sp³-hybridized carbons (Fsp3) is 0.409. The Hall–Kier alpha value is -3.13. The van der Waals surface area contributed by atoms with Crippen LogP contribution < -0.4 is 9.80 Å². The SMILES string of the molecule is Cc1cccc(N2CCN(C(=O)c3cc([N+](=O)[O-])ccc3N3CCOCC3)CC2)c1. The molecule has 0 aromatic heterocycles. The highest BCUT2D eigenvalue weighted by Crippen LogP contribution is 2.28. The van der Waals surface area contributed by atoms with Crippen LogP contribution in [0.2, 0.25) is 0 Å². The number of nitrogens with zero attached hydrogens (tertiary/aromatic N) is 4. The first-order chi connectivity index (χ1) is 14.5. The monoisotopic (exact) mass is 410 g/mol. The summed E-state index contributed by atoms with van der Waals surface area (Å²) >= 11 is 0. The van der Waals surface area contributed by atoms with E-state index in [0.29, 0.717) is 45.0 Å². The molecule has 2 aliphatic heterocycles. The maximum absolute atomic E-state index is 13.4. The summed E-state index contributed by atoms with van der Waals surface area (Å²) < 4.78 is 5.41. The highest BCUT2D eigenvalue weighted by molar-refractivity contribution is 6.00. The number of aryl methyl sites for hydroxylation is 1. The molecule has 0 radical (unpaired) electrons. The molecule has 1 amide bonds. The van der Waals surface area contributed by atoms with E-state index in [9.17, 15) is 14.9 Å². The largest absolute Gasteiger partial charge is 0.378 e. The zero-order valence-corrected chi connectivity index (χ0v) is 17.1. The van der Waals surface area contributed by atoms with Gasteiger partial charge in [-0.3, -0.25) is 14.9 Å². The van der Waals surface area contributed by atoms with E-state index in [1.807, 2.05) is 6.07 Å². The molecule has 2 saturated heterocycles. The lowest BCUT2D eigenvalue weighted by Gasteiger charge is -2.37. The molecule has 8 heteroatoms. The van der Waals surface area contributed by atoms with Gasteiger partial charge in [-0.25, -0.2) is 0 Å². The van der Waals surface area contributed by atoms with Crippen molar-refractivity contribution in [3.8, 4) is 0 Å². The highest BCUT2D eigenvalue weighted by Gasteiger charge is 2.28. The molecule has 0 saturated carbocycles. The highest BCUT2D eigenvalue weighted by atomic mass is 16.6. The molecule has 0 N–H and O–H groups in total. The van der Waals surface area contributed by atoms with Crippen molar-refractivity contribution >= 4 is 23.0 Å². The maximum Gasteiger partial charge on any atom is 0.270 e. The number of hydrogen-bond acceptors (Lipinski definition) is 6. The van der Waals surface area contributed by atoms with Crippen molar-refractivity contribution in [1.29, 1.82) is 0 Å². The molecular weight excluding hydrogens is 384 g/mol. The van der Waals surface area contributed by atoms with Crippen LogP contribution in [-0.4, -0.2) is 68.2 Å². The zero-order chi connectivity index (χ0) is 21.1. The number of amides is 1. The fourth-order valence-electron chi connectivity index (χ4n) is 4.05. The van der Waals surface area contributed by atoms with Crippen LogP contribution in [0.15, 0.2) is 42.5 Å². The van der Waals surface area contributed by atoms with Gasteiger partial charge < -0.3 is 19.4 Å². The molecular formula is C22H26N4O4. The van der Waals surface area contributed by atoms with Crippen LogP contribution >= 0.6 is 0 Å². The van der Waals surface area contributed by atoms with Gasteiger partial charge in [-0.05, 0) is 30.7 Å². The molecule has 8 nitrogen and oxygen atoms in total. The lowest BCUT2D eigenvalue weighted by molar-refractivity contribution is -0.384. The smallest absolute Gasteiger partial charge is 0.270 e. The number of nitro groups is 1. The third-order valence-electron chi connectivity index (χ3n) is 5.71. The van der Waals surface area contributed by atoms with Crippen LogP contribution in [0.3, 0.4) is 0 Å². The number of anilines is 2. The van der Waals surface area contributed by atoms with Crippen LogP contribution in [0.4, 0.5) is 17.1 Å². The van der Waals surface area contributed by atoms with Crippen molar-refractivity contribution in [2.75, 3.05) is 62.3 Å². The van der Waals surface area contributed by atoms with Crippen molar-refractivity contribution < 1.29 is 14.5 Å². The summed E-state index contributed by atoms with van der Waals surface area (Å²) in [5, 5.41) is 11.3. The van der Waals surface area contributed by atoms with E-state index >= 15 is 0 Å². The Morgan fingerprint density at radius 1 is 0.967 bits per heavy atom. The first-order valence-corrected chi connectivity index (χ1v) is 10.2. The first kappa shape index (κ1) is 20.2. The quantitative estimate of drug-likeness (QED) is 0.570. The molecule has 2 fully saturated rings. The Balaban J connectivity index is 1.53. The van der Waals surface area contributed by atoms with E-state index in [2.05, 4.69) is 34.9 Å². The van der Waals surface area contributed by atoms with Crippen molar-refractivity contribution in [2.24, 2.45) is 0 Å². The molecule has 0 spiro atoms. The zero-order valence-electron chi connectivity index (χ0n) is 17.1. The number of non-ortho nitro benzene ring substituents is 1. The van der Waals surface area contributed by atoms with Crippen molar-refractivity contribution in [3.63, 3.8) is 0 Å². The third kappa shape index (κ3) is 4.23. The van der Waals surface area contributed by atoms with Crippen LogP contribution in [0, 0.1) is 17.0 Å². The Morgan fingerprint density at radius 2 is 1.70 bits per heavy atom. The minimum absolute atomic E-state index is 0.0613. The minimum Gasteiger partial charge on any atom is -0.378 e. The van der Waals surface area contributed by atoms with E-state index in [-0.39, 0.29) is 11.6 Å². The minimum atomic E-state index is -0.449. The summed E-state index contributed by atoms with van der Waals surface area (Å²) in [4.78, 5) is 30.4. The number of benzene rings is 2. The molecule has 0 unspecified atom stereocenters. The summed E-state index contributed by atoms with van der Waals surface area (Å²) in [6, 6.07) is 12.9. The van der Waals surface area contributed by atoms with Crippen molar-refractivity contribution in [1.82, 2.24) is 4.90 Å². The van der Waals surface area contributed by atoms with E-state index < -0.39 is 4.92 Å². The number of ether oxygens (including phenoxy) is 1. The van der Waals surface area contributed by atoms with E-state index in [4.69, 9.17) is 4.74 Å². The number of rotatable bonds is 4. The fourth-order valence-corrected chi connectivity index (χ4v) is 4.05. The maximum atomic E-state index is 13.4. The van der Waals surface area contributed by atoms with E-state index in [1.54, 1.807) is 11.0 Å². The third-order valence-corrected chi connectivity index (χ3v) is 5.71. The predicted molar refractivity (Wildman–Crippen MR) is 115 cm³/mol. The molecule has 2 aromatic rings. The van der Waals surface area contributed by atoms with E-state index in [1.165, 1.54) is 17.7 Å². The molecule has 2 heterocycles. The molecule has 2 aliphatic rings. The van der Waals surface area contributed by atoms with Gasteiger partial charge in [-0.1, -0.05) is 12.1 Å². The Bertz CT molecular complexity index is 934. The second-order valence-corrected chi connectivity index (χ2v) is 7.68. The summed E-state index contributed by atoms with van der Waals surface area (Å²) in [6.45, 7) is 7.20. The predicted octanol–water partition coefficient (Wildman–Crippen LogP) is 2.70. The molecule has 0 aliphatic carbocycles. The number of nitro benzene ring substituents is 1. The molecule has 0 atom stereocenters. The van der Waals surface area contributed by atoms with Crippen LogP contribution in [0.5, 0.6) is 0 Å². The lowest BCUT2D eigenvalue weighted by Crippen LogP contribution is -2.49. The summed E-state index contributed by atoms with van der Waals surface area (Å²) in [5.41, 5.74) is 3.45. The second-order valence-electron chi connectivity index (χ2n) is 7.68. The second kappa shape index (κ2) is 8.71. The van der Waals surface area contributed by atoms with Gasteiger partial charge in [0.25, 0.3) is 11.6 Å². The number of carbonyl (C=O) groups is 1. The van der Waals surface area contributed by atoms with Crippen molar-refractivity contribution in [3.05, 3.63) is 63.7 Å². The van der Waals surface area contributed by atoms with Crippen LogP contribution in [0.1, 0.15) is 15.9 Å². The standard InChI is InChI=1S/C22H26N4O4/c1-17-3-2-4-18(15-17)23-7-9-25(10-8-23)22(27)20-16-19(26(28)29)5-6-21(20)24-11-13-30-14-12-24/h2-6,15-16H,7-14H2,1H3. The van der Waals surface area contributed by atoms with E-state index in [0.717, 1.165) is 24.5 Å². The van der Waals surface area contributed by atoms with Crippen LogP contribution in [-0.2, 0) is 4.74 Å². The molecule has 30 heavy (non-hydrogen) atoms. The molecule has 4 rings (SSSR count). The number of carbonyl (C=O) groups excluding carboxylic acids is 1. The van der Waals surface area contributed by atoms with Crippen molar-refractivity contribution in [2.45, 2.75) is 6.92 Å². The van der Waals surface area contributed by atoms with Gasteiger partial charge in [-0.2, -0.15) is 0 Å². The lowest BCUT2D eigenvalue weighted by atomic mass is 10.1. The van der Waals surface area contributed by atoms with Crippen LogP contribution in [0.25, 0.3) is 0 Å². The van der Waals surface area contributed by atoms with Gasteiger partial charge in [0.05, 0.1) is 29.4 Å². The average Bonchev–Trinajstić information content (AvgIpc) is 2.79. The normalized spacial score (nSPS) is 17.2. The topological polar surface area (TPSA) is 79.2 Å². The van der Waals surface area contributed by atoms with Gasteiger partial charge in [0.1, 0.15) is 0 Å². The summed E-state index contributed by atoms with van der Waals surface area (Å²) in [7, 11) is 0. The molecule has 0 bridgehead atoms. The van der Waals surface area contributed by atoms with Gasteiger partial charge in [0.15, 0.2) is 0 Å². The van der Waals surface area contributed by atoms with Gasteiger partial charge in [0.2, 0.25) is 0 Å². The molecule has 2 aromatic carbocycles. The van der Waals surface area contributed by atoms with Gasteiger partial charge in [-0.15, -0.1) is 0 Å².